The van der Waals surface area contributed by atoms with Crippen LogP contribution in [-0.4, -0.2) is 49.9 Å². The third-order valence-corrected chi connectivity index (χ3v) is 7.37. The molecule has 40 heavy (non-hydrogen) atoms. The number of alkyl halides is 3. The van der Waals surface area contributed by atoms with Crippen LogP contribution in [0.5, 0.6) is 0 Å². The van der Waals surface area contributed by atoms with Gasteiger partial charge in [0.05, 0.1) is 35.5 Å². The van der Waals surface area contributed by atoms with E-state index in [9.17, 15) is 18.0 Å². The number of amides is 2. The second-order valence-corrected chi connectivity index (χ2v) is 10.0. The van der Waals surface area contributed by atoms with Gasteiger partial charge < -0.3 is 15.2 Å². The van der Waals surface area contributed by atoms with E-state index in [1.54, 1.807) is 36.8 Å². The summed E-state index contributed by atoms with van der Waals surface area (Å²) in [4.78, 5) is 28.8. The maximum Gasteiger partial charge on any atom is 0.416 e. The lowest BCUT2D eigenvalue weighted by molar-refractivity contribution is -0.138. The van der Waals surface area contributed by atoms with Gasteiger partial charge in [-0.15, -0.1) is 0 Å². The largest absolute Gasteiger partial charge is 0.416 e. The average Bonchev–Trinajstić information content (AvgIpc) is 3.48. The van der Waals surface area contributed by atoms with Gasteiger partial charge in [-0.25, -0.2) is 9.78 Å². The quantitative estimate of drug-likeness (QED) is 0.279. The highest BCUT2D eigenvalue weighted by atomic mass is 19.4. The van der Waals surface area contributed by atoms with Gasteiger partial charge in [0.15, 0.2) is 0 Å². The minimum atomic E-state index is -4.44. The van der Waals surface area contributed by atoms with Crippen molar-refractivity contribution in [3.8, 4) is 0 Å². The number of nitrogens with zero attached hydrogens (tertiary/aromatic N) is 4. The van der Waals surface area contributed by atoms with Crippen molar-refractivity contribution in [1.82, 2.24) is 24.8 Å². The Morgan fingerprint density at radius 2 is 1.85 bits per heavy atom. The smallest absolute Gasteiger partial charge is 0.347 e. The Labute approximate surface area is 231 Å². The summed E-state index contributed by atoms with van der Waals surface area (Å²) in [5.74, 6) is 0. The number of aromatic amines is 1. The number of benzene rings is 2. The molecule has 2 N–H and O–H groups in total. The molecule has 1 aliphatic rings. The monoisotopic (exact) mass is 548 g/mol. The van der Waals surface area contributed by atoms with Gasteiger partial charge in [-0.2, -0.15) is 13.2 Å². The fourth-order valence-corrected chi connectivity index (χ4v) is 5.35. The second kappa shape index (κ2) is 11.9. The summed E-state index contributed by atoms with van der Waals surface area (Å²) in [6, 6.07) is 17.2. The first-order valence-electron chi connectivity index (χ1n) is 13.2. The molecule has 1 unspecified atom stereocenters. The Kier molecular flexibility index (Phi) is 8.16. The van der Waals surface area contributed by atoms with Crippen LogP contribution in [0.25, 0.3) is 0 Å². The normalized spacial score (nSPS) is 15.5. The number of carbonyl (C=O) groups excluding carboxylic acids is 1. The Hall–Kier alpha value is -4.18. The molecule has 0 bridgehead atoms. The van der Waals surface area contributed by atoms with Crippen LogP contribution in [0.4, 0.5) is 23.7 Å². The Balaban J connectivity index is 1.37. The Morgan fingerprint density at radius 1 is 1.07 bits per heavy atom. The molecule has 0 saturated carbocycles. The van der Waals surface area contributed by atoms with E-state index in [1.165, 1.54) is 25.4 Å². The van der Waals surface area contributed by atoms with Crippen LogP contribution in [-0.2, 0) is 12.7 Å². The number of H-pyrrole nitrogens is 1. The van der Waals surface area contributed by atoms with Gasteiger partial charge in [0.25, 0.3) is 0 Å². The zero-order valence-corrected chi connectivity index (χ0v) is 22.1. The number of hydrogen-bond acceptors (Lipinski definition) is 4. The van der Waals surface area contributed by atoms with E-state index in [0.717, 1.165) is 11.3 Å². The minimum Gasteiger partial charge on any atom is -0.347 e. The Morgan fingerprint density at radius 3 is 2.50 bits per heavy atom. The molecular formula is C30H31F3N6O. The van der Waals surface area contributed by atoms with Crippen LogP contribution >= 0.6 is 0 Å². The van der Waals surface area contributed by atoms with Gasteiger partial charge in [0, 0.05) is 38.1 Å². The van der Waals surface area contributed by atoms with Crippen LogP contribution in [0.15, 0.2) is 85.6 Å². The van der Waals surface area contributed by atoms with E-state index in [2.05, 4.69) is 25.2 Å². The van der Waals surface area contributed by atoms with Crippen molar-refractivity contribution in [2.45, 2.75) is 44.6 Å². The first-order valence-corrected chi connectivity index (χ1v) is 13.2. The van der Waals surface area contributed by atoms with Crippen molar-refractivity contribution < 1.29 is 18.0 Å². The summed E-state index contributed by atoms with van der Waals surface area (Å²) in [7, 11) is 0. The first-order chi connectivity index (χ1) is 19.3. The molecule has 0 radical (unpaired) electrons. The number of hydrogen-bond donors (Lipinski definition) is 2. The summed E-state index contributed by atoms with van der Waals surface area (Å²) in [6.45, 7) is 3.10. The zero-order valence-electron chi connectivity index (χ0n) is 22.1. The van der Waals surface area contributed by atoms with Crippen molar-refractivity contribution >= 4 is 11.7 Å². The molecule has 1 fully saturated rings. The maximum absolute atomic E-state index is 13.7. The molecule has 2 amide bonds. The summed E-state index contributed by atoms with van der Waals surface area (Å²) < 4.78 is 41.2. The molecule has 10 heteroatoms. The lowest BCUT2D eigenvalue weighted by atomic mass is 9.94. The number of aryl methyl sites for hydroxylation is 1. The molecule has 2 aromatic carbocycles. The number of piperidine rings is 1. The molecule has 1 aliphatic heterocycles. The van der Waals surface area contributed by atoms with Crippen LogP contribution in [0, 0.1) is 6.92 Å². The van der Waals surface area contributed by atoms with Crippen LogP contribution in [0.3, 0.4) is 0 Å². The zero-order chi connectivity index (χ0) is 28.1. The summed E-state index contributed by atoms with van der Waals surface area (Å²) in [6.07, 6.45) is 3.34. The van der Waals surface area contributed by atoms with Gasteiger partial charge >= 0.3 is 12.2 Å². The highest BCUT2D eigenvalue weighted by Gasteiger charge is 2.36. The molecule has 4 aromatic rings. The van der Waals surface area contributed by atoms with Crippen molar-refractivity contribution in [2.24, 2.45) is 0 Å². The summed E-state index contributed by atoms with van der Waals surface area (Å²) >= 11 is 0. The number of imidazole rings is 1. The standard InChI is InChI=1S/C30H31F3N6O/c1-21-9-10-23(16-26(21)30(31,32)33)28(27-18-35-20-36-27)38-14-11-25(12-15-38)39(19-22-6-3-2-4-7-22)29(40)37-24-8-5-13-34-17-24/h2-10,13,16-18,20,25,28H,11-12,14-15,19H2,1H3,(H,35,36)(H,37,40). The van der Waals surface area contributed by atoms with Gasteiger partial charge in [-0.3, -0.25) is 9.88 Å². The van der Waals surface area contributed by atoms with Gasteiger partial charge in [-0.1, -0.05) is 42.5 Å². The molecule has 2 aromatic heterocycles. The molecule has 1 atom stereocenters. The SMILES string of the molecule is Cc1ccc(C(c2cnc[nH]2)N2CCC(N(Cc3ccccc3)C(=O)Nc3cccnc3)CC2)cc1C(F)(F)F. The number of carbonyl (C=O) groups is 1. The number of anilines is 1. The predicted molar refractivity (Wildman–Crippen MR) is 146 cm³/mol. The molecule has 0 aliphatic carbocycles. The summed E-state index contributed by atoms with van der Waals surface area (Å²) in [5, 5.41) is 2.96. The first kappa shape index (κ1) is 27.4. The minimum absolute atomic E-state index is 0.0562. The van der Waals surface area contributed by atoms with Crippen molar-refractivity contribution in [3.63, 3.8) is 0 Å². The van der Waals surface area contributed by atoms with Gasteiger partial charge in [0.1, 0.15) is 0 Å². The van der Waals surface area contributed by atoms with E-state index in [4.69, 9.17) is 0 Å². The Bertz CT molecular complexity index is 1390. The maximum atomic E-state index is 13.7. The predicted octanol–water partition coefficient (Wildman–Crippen LogP) is 6.42. The lowest BCUT2D eigenvalue weighted by Gasteiger charge is -2.41. The number of urea groups is 1. The van der Waals surface area contributed by atoms with Crippen molar-refractivity contribution in [1.29, 1.82) is 0 Å². The number of halogens is 3. The number of pyridine rings is 1. The van der Waals surface area contributed by atoms with Crippen molar-refractivity contribution in [2.75, 3.05) is 18.4 Å². The van der Waals surface area contributed by atoms with Crippen LogP contribution < -0.4 is 5.32 Å². The topological polar surface area (TPSA) is 77.2 Å². The molecule has 7 nitrogen and oxygen atoms in total. The molecule has 1 saturated heterocycles. The third-order valence-electron chi connectivity index (χ3n) is 7.37. The van der Waals surface area contributed by atoms with E-state index in [0.29, 0.717) is 43.7 Å². The van der Waals surface area contributed by atoms with Gasteiger partial charge in [0.2, 0.25) is 0 Å². The van der Waals surface area contributed by atoms with Gasteiger partial charge in [-0.05, 0) is 54.7 Å². The van der Waals surface area contributed by atoms with Crippen molar-refractivity contribution in [3.05, 3.63) is 114 Å². The molecular weight excluding hydrogens is 517 g/mol. The van der Waals surface area contributed by atoms with Crippen LogP contribution in [0.2, 0.25) is 0 Å². The molecule has 208 valence electrons. The molecule has 5 rings (SSSR count). The fourth-order valence-electron chi connectivity index (χ4n) is 5.35. The van der Waals surface area contributed by atoms with E-state index in [1.807, 2.05) is 35.2 Å². The van der Waals surface area contributed by atoms with E-state index in [-0.39, 0.29) is 17.6 Å². The third kappa shape index (κ3) is 6.34. The fraction of sp³-hybridized carbons (Fsp3) is 0.300. The molecule has 3 heterocycles. The number of likely N-dealkylation sites (tertiary alicyclic amines) is 1. The highest BCUT2D eigenvalue weighted by molar-refractivity contribution is 5.89. The second-order valence-electron chi connectivity index (χ2n) is 10.0. The average molecular weight is 549 g/mol. The summed E-state index contributed by atoms with van der Waals surface area (Å²) in [5.41, 5.74) is 2.46. The number of rotatable bonds is 7. The van der Waals surface area contributed by atoms with E-state index >= 15 is 0 Å². The lowest BCUT2D eigenvalue weighted by Crippen LogP contribution is -2.49. The van der Waals surface area contributed by atoms with Crippen LogP contribution in [0.1, 0.15) is 46.8 Å². The van der Waals surface area contributed by atoms with E-state index < -0.39 is 17.8 Å². The highest BCUT2D eigenvalue weighted by Crippen LogP contribution is 2.37. The molecule has 0 spiro atoms. The number of nitrogens with one attached hydrogen (secondary N) is 2. The number of aromatic nitrogens is 3.